The van der Waals surface area contributed by atoms with Crippen molar-refractivity contribution in [3.63, 3.8) is 0 Å². The van der Waals surface area contributed by atoms with Crippen LogP contribution in [0.4, 0.5) is 5.00 Å². The summed E-state index contributed by atoms with van der Waals surface area (Å²) in [4.78, 5) is 21.7. The molecule has 1 aromatic heterocycles. The third-order valence-corrected chi connectivity index (χ3v) is 2.26. The number of hydrogen-bond acceptors (Lipinski definition) is 5. The Hall–Kier alpha value is -1.50. The highest BCUT2D eigenvalue weighted by atomic mass is 32.1. The van der Waals surface area contributed by atoms with Crippen LogP contribution >= 0.6 is 11.5 Å². The molecule has 6 nitrogen and oxygen atoms in total. The monoisotopic (exact) mass is 229 g/mol. The zero-order valence-electron chi connectivity index (χ0n) is 8.14. The van der Waals surface area contributed by atoms with Gasteiger partial charge in [0.1, 0.15) is 5.00 Å². The molecule has 0 bridgehead atoms. The minimum Gasteiger partial charge on any atom is -0.481 e. The number of rotatable bonds is 5. The average Bonchev–Trinajstić information content (AvgIpc) is 2.53. The number of anilines is 1. The van der Waals surface area contributed by atoms with E-state index >= 15 is 0 Å². The summed E-state index contributed by atoms with van der Waals surface area (Å²) in [6.45, 7) is 1.72. The van der Waals surface area contributed by atoms with Crippen molar-refractivity contribution < 1.29 is 14.7 Å². The van der Waals surface area contributed by atoms with Crippen LogP contribution in [0.1, 0.15) is 19.8 Å². The quantitative estimate of drug-likeness (QED) is 0.785. The van der Waals surface area contributed by atoms with Gasteiger partial charge in [0.05, 0.1) is 6.20 Å². The molecule has 1 atom stereocenters. The first-order valence-electron chi connectivity index (χ1n) is 4.37. The first-order chi connectivity index (χ1) is 7.08. The second-order valence-corrected chi connectivity index (χ2v) is 4.02. The lowest BCUT2D eigenvalue weighted by Gasteiger charge is -2.07. The highest BCUT2D eigenvalue weighted by molar-refractivity contribution is 7.10. The Bertz CT molecular complexity index is 339. The second kappa shape index (κ2) is 5.40. The molecule has 0 saturated heterocycles. The Kier molecular flexibility index (Phi) is 4.17. The molecular weight excluding hydrogens is 218 g/mol. The van der Waals surface area contributed by atoms with E-state index in [1.54, 1.807) is 6.92 Å². The third-order valence-electron chi connectivity index (χ3n) is 1.68. The lowest BCUT2D eigenvalue weighted by molar-refractivity contribution is -0.138. The van der Waals surface area contributed by atoms with Gasteiger partial charge in [-0.25, -0.2) is 0 Å². The van der Waals surface area contributed by atoms with E-state index in [4.69, 9.17) is 5.11 Å². The molecule has 0 aliphatic heterocycles. The molecule has 0 aromatic carbocycles. The van der Waals surface area contributed by atoms with Crippen molar-refractivity contribution in [3.8, 4) is 0 Å². The van der Waals surface area contributed by atoms with Crippen LogP contribution in [-0.2, 0) is 9.59 Å². The summed E-state index contributed by atoms with van der Waals surface area (Å²) in [5.41, 5.74) is 0. The number of carboxylic acid groups (broad SMARTS) is 1. The van der Waals surface area contributed by atoms with E-state index in [0.717, 1.165) is 11.5 Å². The number of carbonyl (C=O) groups is 2. The molecular formula is C8H11N3O3S. The van der Waals surface area contributed by atoms with Crippen molar-refractivity contribution in [2.24, 2.45) is 5.92 Å². The fraction of sp³-hybridized carbons (Fsp3) is 0.500. The number of hydrogen-bond donors (Lipinski definition) is 2. The predicted octanol–water partition coefficient (Wildman–Crippen LogP) is 0.977. The summed E-state index contributed by atoms with van der Waals surface area (Å²) >= 11 is 1.08. The Balaban J connectivity index is 2.33. The third kappa shape index (κ3) is 4.50. The van der Waals surface area contributed by atoms with E-state index in [1.807, 2.05) is 0 Å². The van der Waals surface area contributed by atoms with Crippen molar-refractivity contribution in [2.45, 2.75) is 19.8 Å². The molecule has 1 aromatic rings. The molecule has 1 unspecified atom stereocenters. The van der Waals surface area contributed by atoms with E-state index < -0.39 is 5.97 Å². The zero-order valence-corrected chi connectivity index (χ0v) is 8.95. The number of nitrogens with one attached hydrogen (secondary N) is 1. The number of nitrogens with zero attached hydrogens (tertiary/aromatic N) is 2. The van der Waals surface area contributed by atoms with Gasteiger partial charge in [0.25, 0.3) is 0 Å². The molecule has 0 saturated carbocycles. The summed E-state index contributed by atoms with van der Waals surface area (Å²) in [5.74, 6) is -1.28. The van der Waals surface area contributed by atoms with Crippen molar-refractivity contribution in [2.75, 3.05) is 5.32 Å². The van der Waals surface area contributed by atoms with E-state index in [9.17, 15) is 9.59 Å². The Morgan fingerprint density at radius 3 is 2.87 bits per heavy atom. The van der Waals surface area contributed by atoms with E-state index in [1.165, 1.54) is 6.20 Å². The smallest absolute Gasteiger partial charge is 0.303 e. The van der Waals surface area contributed by atoms with Crippen LogP contribution in [0.3, 0.4) is 0 Å². The van der Waals surface area contributed by atoms with Crippen LogP contribution in [0, 0.1) is 5.92 Å². The van der Waals surface area contributed by atoms with Gasteiger partial charge >= 0.3 is 5.97 Å². The molecule has 0 spiro atoms. The zero-order chi connectivity index (χ0) is 11.3. The molecule has 0 aliphatic carbocycles. The number of amides is 1. The average molecular weight is 229 g/mol. The van der Waals surface area contributed by atoms with Crippen molar-refractivity contribution in [1.29, 1.82) is 0 Å². The van der Waals surface area contributed by atoms with Crippen molar-refractivity contribution in [3.05, 3.63) is 6.20 Å². The molecule has 0 fully saturated rings. The number of aromatic nitrogens is 2. The van der Waals surface area contributed by atoms with Crippen LogP contribution < -0.4 is 5.32 Å². The summed E-state index contributed by atoms with van der Waals surface area (Å²) in [5, 5.41) is 15.2. The van der Waals surface area contributed by atoms with E-state index in [2.05, 4.69) is 14.9 Å². The maximum absolute atomic E-state index is 11.3. The minimum absolute atomic E-state index is 0.00559. The molecule has 0 radical (unpaired) electrons. The molecule has 0 aliphatic rings. The first-order valence-corrected chi connectivity index (χ1v) is 5.14. The molecule has 1 heterocycles. The van der Waals surface area contributed by atoms with Crippen LogP contribution in [0.15, 0.2) is 6.20 Å². The molecule has 1 amide bonds. The Morgan fingerprint density at radius 2 is 2.33 bits per heavy atom. The maximum Gasteiger partial charge on any atom is 0.303 e. The van der Waals surface area contributed by atoms with Gasteiger partial charge in [-0.1, -0.05) is 11.4 Å². The van der Waals surface area contributed by atoms with Gasteiger partial charge in [0.2, 0.25) is 5.91 Å². The largest absolute Gasteiger partial charge is 0.481 e. The fourth-order valence-electron chi connectivity index (χ4n) is 1.10. The Labute approximate surface area is 90.5 Å². The van der Waals surface area contributed by atoms with E-state index in [-0.39, 0.29) is 24.7 Å². The highest BCUT2D eigenvalue weighted by Crippen LogP contribution is 2.12. The van der Waals surface area contributed by atoms with Gasteiger partial charge in [-0.2, -0.15) is 0 Å². The Morgan fingerprint density at radius 1 is 1.60 bits per heavy atom. The molecule has 2 N–H and O–H groups in total. The van der Waals surface area contributed by atoms with Crippen molar-refractivity contribution in [1.82, 2.24) is 9.59 Å². The number of carboxylic acids is 1. The standard InChI is InChI=1S/C8H11N3O3S/c1-5(3-8(13)14)2-6(12)10-7-4-9-11-15-7/h4-5H,2-3H2,1H3,(H,10,12)(H,13,14). The van der Waals surface area contributed by atoms with Crippen molar-refractivity contribution >= 4 is 28.4 Å². The van der Waals surface area contributed by atoms with Crippen LogP contribution in [0.25, 0.3) is 0 Å². The number of aliphatic carboxylic acids is 1. The van der Waals surface area contributed by atoms with Gasteiger partial charge in [-0.3, -0.25) is 9.59 Å². The predicted molar refractivity (Wildman–Crippen MR) is 54.6 cm³/mol. The molecule has 15 heavy (non-hydrogen) atoms. The topological polar surface area (TPSA) is 92.2 Å². The first kappa shape index (κ1) is 11.6. The molecule has 1 rings (SSSR count). The molecule has 7 heteroatoms. The normalized spacial score (nSPS) is 12.1. The maximum atomic E-state index is 11.3. The fourth-order valence-corrected chi connectivity index (χ4v) is 1.53. The van der Waals surface area contributed by atoms with Gasteiger partial charge in [0.15, 0.2) is 0 Å². The van der Waals surface area contributed by atoms with Gasteiger partial charge < -0.3 is 10.4 Å². The lowest BCUT2D eigenvalue weighted by atomic mass is 10.0. The van der Waals surface area contributed by atoms with Crippen LogP contribution in [-0.4, -0.2) is 26.6 Å². The highest BCUT2D eigenvalue weighted by Gasteiger charge is 2.13. The molecule has 82 valence electrons. The van der Waals surface area contributed by atoms with E-state index in [0.29, 0.717) is 5.00 Å². The minimum atomic E-state index is -0.894. The van der Waals surface area contributed by atoms with Crippen LogP contribution in [0.2, 0.25) is 0 Å². The summed E-state index contributed by atoms with van der Waals surface area (Å²) in [6, 6.07) is 0. The van der Waals surface area contributed by atoms with Gasteiger partial charge in [-0.15, -0.1) is 5.10 Å². The number of carbonyl (C=O) groups excluding carboxylic acids is 1. The van der Waals surface area contributed by atoms with Gasteiger partial charge in [0, 0.05) is 24.4 Å². The lowest BCUT2D eigenvalue weighted by Crippen LogP contribution is -2.16. The SMILES string of the molecule is CC(CC(=O)O)CC(=O)Nc1cnns1. The van der Waals surface area contributed by atoms with Gasteiger partial charge in [-0.05, 0) is 5.92 Å². The van der Waals surface area contributed by atoms with Crippen LogP contribution in [0.5, 0.6) is 0 Å². The summed E-state index contributed by atoms with van der Waals surface area (Å²) in [7, 11) is 0. The summed E-state index contributed by atoms with van der Waals surface area (Å²) in [6.07, 6.45) is 1.63. The second-order valence-electron chi connectivity index (χ2n) is 3.24. The summed E-state index contributed by atoms with van der Waals surface area (Å²) < 4.78 is 3.59.